The summed E-state index contributed by atoms with van der Waals surface area (Å²) < 4.78 is 10.8. The third-order valence-corrected chi connectivity index (χ3v) is 9.74. The van der Waals surface area contributed by atoms with E-state index in [4.69, 9.17) is 4.74 Å². The number of fused-ring (bicyclic) bond motifs is 5. The Balaban J connectivity index is 1.38. The molecule has 0 saturated carbocycles. The predicted molar refractivity (Wildman–Crippen MR) is 163 cm³/mol. The quantitative estimate of drug-likeness (QED) is 0.212. The highest BCUT2D eigenvalue weighted by Gasteiger charge is 2.30. The van der Waals surface area contributed by atoms with Crippen molar-refractivity contribution in [1.29, 1.82) is 0 Å². The molecule has 1 amide bonds. The largest absolute Gasteiger partial charge is 0.372 e. The Morgan fingerprint density at radius 3 is 2.70 bits per heavy atom. The van der Waals surface area contributed by atoms with Crippen LogP contribution < -0.4 is 10.9 Å². The topological polar surface area (TPSA) is 90.5 Å². The fourth-order valence-electron chi connectivity index (χ4n) is 4.96. The molecule has 0 unspecified atom stereocenters. The number of anilines is 1. The lowest BCUT2D eigenvalue weighted by molar-refractivity contribution is -0.113. The lowest BCUT2D eigenvalue weighted by Gasteiger charge is -2.26. The number of carbonyl (C=O) groups excluding carboxylic acids is 1. The van der Waals surface area contributed by atoms with Gasteiger partial charge in [0.05, 0.1) is 23.8 Å². The zero-order chi connectivity index (χ0) is 27.8. The Morgan fingerprint density at radius 2 is 1.95 bits per heavy atom. The van der Waals surface area contributed by atoms with E-state index < -0.39 is 0 Å². The second-order valence-corrected chi connectivity index (χ2v) is 13.1. The van der Waals surface area contributed by atoms with Crippen LogP contribution in [0.4, 0.5) is 5.69 Å². The van der Waals surface area contributed by atoms with Crippen LogP contribution in [0.15, 0.2) is 69.0 Å². The second-order valence-electron chi connectivity index (χ2n) is 10.1. The Morgan fingerprint density at radius 1 is 1.18 bits per heavy atom. The molecule has 11 heteroatoms. The molecule has 5 aromatic rings. The van der Waals surface area contributed by atoms with Crippen molar-refractivity contribution in [1.82, 2.24) is 19.2 Å². The van der Waals surface area contributed by atoms with E-state index in [2.05, 4.69) is 57.4 Å². The van der Waals surface area contributed by atoms with Gasteiger partial charge in [0.1, 0.15) is 4.83 Å². The average Bonchev–Trinajstić information content (AvgIpc) is 3.55. The van der Waals surface area contributed by atoms with Crippen LogP contribution in [0, 0.1) is 5.92 Å². The predicted octanol–water partition coefficient (Wildman–Crippen LogP) is 5.94. The van der Waals surface area contributed by atoms with Gasteiger partial charge >= 0.3 is 0 Å². The molecule has 0 bridgehead atoms. The maximum absolute atomic E-state index is 14.0. The highest BCUT2D eigenvalue weighted by molar-refractivity contribution is 9.10. The average molecular weight is 639 g/mol. The number of halogens is 1. The smallest absolute Gasteiger partial charge is 0.263 e. The van der Waals surface area contributed by atoms with Crippen LogP contribution in [0.2, 0.25) is 0 Å². The Labute approximate surface area is 247 Å². The van der Waals surface area contributed by atoms with Gasteiger partial charge in [-0.05, 0) is 47.7 Å². The van der Waals surface area contributed by atoms with Crippen LogP contribution in [-0.4, -0.2) is 36.9 Å². The SMILES string of the molecule is CC(C)[C@H]1Cc2c(sc3c2c(=O)n(CCc2ccccc2)c2nnc(SCC(=O)Nc4ccc(Br)cc4)n32)CO1. The highest BCUT2D eigenvalue weighted by atomic mass is 79.9. The molecule has 1 aliphatic rings. The second kappa shape index (κ2) is 11.5. The normalized spacial score (nSPS) is 15.2. The van der Waals surface area contributed by atoms with Crippen LogP contribution in [0.3, 0.4) is 0 Å². The van der Waals surface area contributed by atoms with E-state index in [0.29, 0.717) is 42.8 Å². The molecule has 8 nitrogen and oxygen atoms in total. The van der Waals surface area contributed by atoms with Gasteiger partial charge in [0, 0.05) is 28.0 Å². The molecule has 0 aliphatic carbocycles. The third-order valence-electron chi connectivity index (χ3n) is 7.10. The zero-order valence-corrected chi connectivity index (χ0v) is 25.3. The molecule has 1 atom stereocenters. The van der Waals surface area contributed by atoms with Crippen LogP contribution in [0.5, 0.6) is 0 Å². The summed E-state index contributed by atoms with van der Waals surface area (Å²) in [7, 11) is 0. The fraction of sp³-hybridized carbons (Fsp3) is 0.310. The molecular formula is C29H28BrN5O3S2. The summed E-state index contributed by atoms with van der Waals surface area (Å²) >= 11 is 6.29. The van der Waals surface area contributed by atoms with Crippen molar-refractivity contribution >= 4 is 66.6 Å². The molecule has 1 aliphatic heterocycles. The Hall–Kier alpha value is -2.99. The van der Waals surface area contributed by atoms with Crippen LogP contribution >= 0.6 is 39.0 Å². The zero-order valence-electron chi connectivity index (χ0n) is 22.1. The van der Waals surface area contributed by atoms with Gasteiger partial charge in [0.2, 0.25) is 11.7 Å². The molecule has 40 heavy (non-hydrogen) atoms. The van der Waals surface area contributed by atoms with E-state index in [9.17, 15) is 9.59 Å². The van der Waals surface area contributed by atoms with Gasteiger partial charge < -0.3 is 10.1 Å². The molecule has 206 valence electrons. The first-order chi connectivity index (χ1) is 19.4. The van der Waals surface area contributed by atoms with Gasteiger partial charge in [-0.1, -0.05) is 71.9 Å². The molecule has 4 heterocycles. The van der Waals surface area contributed by atoms with Gasteiger partial charge in [-0.3, -0.25) is 14.2 Å². The number of amides is 1. The first-order valence-corrected chi connectivity index (χ1v) is 15.7. The molecule has 0 saturated heterocycles. The standard InChI is InChI=1S/C29H28BrN5O3S2/c1-17(2)22-14-21-23(15-38-22)40-27-25(21)26(37)34(13-12-18-6-4-3-5-7-18)28-32-33-29(35(27)28)39-16-24(36)31-20-10-8-19(30)9-11-20/h3-11,17,22H,12-16H2,1-2H3,(H,31,36)/t22-/m1/s1. The number of hydrogen-bond acceptors (Lipinski definition) is 7. The molecular weight excluding hydrogens is 610 g/mol. The number of rotatable bonds is 8. The lowest BCUT2D eigenvalue weighted by Crippen LogP contribution is -2.29. The lowest BCUT2D eigenvalue weighted by atomic mass is 9.96. The monoisotopic (exact) mass is 637 g/mol. The van der Waals surface area contributed by atoms with E-state index in [-0.39, 0.29) is 23.3 Å². The molecule has 2 aromatic carbocycles. The van der Waals surface area contributed by atoms with Gasteiger partial charge in [-0.2, -0.15) is 0 Å². The van der Waals surface area contributed by atoms with Crippen LogP contribution in [0.25, 0.3) is 16.0 Å². The van der Waals surface area contributed by atoms with Crippen LogP contribution in [0.1, 0.15) is 29.9 Å². The first kappa shape index (κ1) is 27.2. The van der Waals surface area contributed by atoms with Crippen molar-refractivity contribution in [2.75, 3.05) is 11.1 Å². The third kappa shape index (κ3) is 5.35. The van der Waals surface area contributed by atoms with Crippen molar-refractivity contribution in [3.05, 3.63) is 85.4 Å². The summed E-state index contributed by atoms with van der Waals surface area (Å²) in [5.74, 6) is 0.850. The van der Waals surface area contributed by atoms with E-state index in [0.717, 1.165) is 36.4 Å². The van der Waals surface area contributed by atoms with Crippen molar-refractivity contribution in [3.63, 3.8) is 0 Å². The Kier molecular flexibility index (Phi) is 7.80. The van der Waals surface area contributed by atoms with Crippen molar-refractivity contribution in [2.45, 2.75) is 51.1 Å². The number of carbonyl (C=O) groups is 1. The fourth-order valence-corrected chi connectivity index (χ4v) is 7.26. The van der Waals surface area contributed by atoms with Gasteiger partial charge in [0.15, 0.2) is 5.16 Å². The van der Waals surface area contributed by atoms with Crippen molar-refractivity contribution in [3.8, 4) is 0 Å². The maximum Gasteiger partial charge on any atom is 0.263 e. The molecule has 3 aromatic heterocycles. The summed E-state index contributed by atoms with van der Waals surface area (Å²) in [5.41, 5.74) is 2.90. The minimum Gasteiger partial charge on any atom is -0.372 e. The number of aryl methyl sites for hydroxylation is 2. The van der Waals surface area contributed by atoms with Crippen molar-refractivity contribution in [2.24, 2.45) is 5.92 Å². The Bertz CT molecular complexity index is 1750. The highest BCUT2D eigenvalue weighted by Crippen LogP contribution is 2.37. The van der Waals surface area contributed by atoms with E-state index in [1.54, 1.807) is 15.9 Å². The first-order valence-electron chi connectivity index (χ1n) is 13.1. The van der Waals surface area contributed by atoms with Gasteiger partial charge in [0.25, 0.3) is 5.56 Å². The molecule has 1 N–H and O–H groups in total. The van der Waals surface area contributed by atoms with Crippen LogP contribution in [-0.2, 0) is 35.5 Å². The number of aromatic nitrogens is 4. The number of nitrogens with zero attached hydrogens (tertiary/aromatic N) is 4. The number of ether oxygens (including phenoxy) is 1. The molecule has 0 radical (unpaired) electrons. The van der Waals surface area contributed by atoms with E-state index in [1.807, 2.05) is 46.9 Å². The summed E-state index contributed by atoms with van der Waals surface area (Å²) in [6.07, 6.45) is 1.46. The minimum atomic E-state index is -0.142. The van der Waals surface area contributed by atoms with E-state index >= 15 is 0 Å². The number of hydrogen-bond donors (Lipinski definition) is 1. The number of benzene rings is 2. The number of thiophene rings is 1. The minimum absolute atomic E-state index is 0.0442. The maximum atomic E-state index is 14.0. The van der Waals surface area contributed by atoms with Gasteiger partial charge in [-0.25, -0.2) is 4.40 Å². The van der Waals surface area contributed by atoms with E-state index in [1.165, 1.54) is 11.8 Å². The number of nitrogens with one attached hydrogen (secondary N) is 1. The number of thioether (sulfide) groups is 1. The molecule has 0 fully saturated rings. The summed E-state index contributed by atoms with van der Waals surface area (Å²) in [6, 6.07) is 17.6. The molecule has 6 rings (SSSR count). The summed E-state index contributed by atoms with van der Waals surface area (Å²) in [4.78, 5) is 28.7. The van der Waals surface area contributed by atoms with Crippen molar-refractivity contribution < 1.29 is 9.53 Å². The molecule has 0 spiro atoms. The summed E-state index contributed by atoms with van der Waals surface area (Å²) in [5, 5.41) is 13.1. The van der Waals surface area contributed by atoms with Gasteiger partial charge in [-0.15, -0.1) is 21.5 Å². The summed E-state index contributed by atoms with van der Waals surface area (Å²) in [6.45, 7) is 5.26.